The van der Waals surface area contributed by atoms with E-state index in [0.717, 1.165) is 18.4 Å². The van der Waals surface area contributed by atoms with Crippen LogP contribution in [0.1, 0.15) is 49.9 Å². The van der Waals surface area contributed by atoms with Crippen LogP contribution in [0.2, 0.25) is 0 Å². The standard InChI is InChI=1S/C18H24N4O4S/c1-4-17-20-18(21-26-17)14-6-5-9-22(11-14)27(24,25)15-8-7-12(2)16(10-15)19-13(3)23/h7-8,10,14H,4-6,9,11H2,1-3H3,(H,19,23). The third-order valence-electron chi connectivity index (χ3n) is 4.69. The number of rotatable bonds is 5. The van der Waals surface area contributed by atoms with Crippen molar-refractivity contribution in [2.45, 2.75) is 50.8 Å². The molecule has 1 aliphatic rings. The number of sulfonamides is 1. The summed E-state index contributed by atoms with van der Waals surface area (Å²) in [4.78, 5) is 15.9. The van der Waals surface area contributed by atoms with E-state index >= 15 is 0 Å². The molecule has 1 saturated heterocycles. The fraction of sp³-hybridized carbons (Fsp3) is 0.500. The lowest BCUT2D eigenvalue weighted by Gasteiger charge is -2.30. The summed E-state index contributed by atoms with van der Waals surface area (Å²) < 4.78 is 32.9. The van der Waals surface area contributed by atoms with Crippen LogP contribution >= 0.6 is 0 Å². The van der Waals surface area contributed by atoms with Gasteiger partial charge in [-0.1, -0.05) is 18.1 Å². The second-order valence-electron chi connectivity index (χ2n) is 6.76. The van der Waals surface area contributed by atoms with Gasteiger partial charge < -0.3 is 9.84 Å². The maximum absolute atomic E-state index is 13.1. The first-order chi connectivity index (χ1) is 12.8. The Morgan fingerprint density at radius 2 is 2.19 bits per heavy atom. The topological polar surface area (TPSA) is 105 Å². The Labute approximate surface area is 159 Å². The highest BCUT2D eigenvalue weighted by atomic mass is 32.2. The molecule has 2 aromatic rings. The number of amides is 1. The van der Waals surface area contributed by atoms with E-state index in [2.05, 4.69) is 15.5 Å². The molecule has 2 heterocycles. The minimum atomic E-state index is -3.68. The number of carbonyl (C=O) groups is 1. The quantitative estimate of drug-likeness (QED) is 0.838. The van der Waals surface area contributed by atoms with Gasteiger partial charge in [-0.15, -0.1) is 0 Å². The van der Waals surface area contributed by atoms with E-state index in [-0.39, 0.29) is 16.7 Å². The molecule has 146 valence electrons. The summed E-state index contributed by atoms with van der Waals surface area (Å²) in [6.45, 7) is 5.90. The highest BCUT2D eigenvalue weighted by Crippen LogP contribution is 2.30. The van der Waals surface area contributed by atoms with Gasteiger partial charge >= 0.3 is 0 Å². The summed E-state index contributed by atoms with van der Waals surface area (Å²) in [7, 11) is -3.68. The summed E-state index contributed by atoms with van der Waals surface area (Å²) in [6, 6.07) is 4.79. The van der Waals surface area contributed by atoms with Crippen molar-refractivity contribution >= 4 is 21.6 Å². The van der Waals surface area contributed by atoms with Crippen molar-refractivity contribution in [1.29, 1.82) is 0 Å². The first-order valence-electron chi connectivity index (χ1n) is 9.02. The fourth-order valence-electron chi connectivity index (χ4n) is 3.18. The molecule has 27 heavy (non-hydrogen) atoms. The smallest absolute Gasteiger partial charge is 0.243 e. The monoisotopic (exact) mass is 392 g/mol. The average molecular weight is 392 g/mol. The molecule has 1 atom stereocenters. The first-order valence-corrected chi connectivity index (χ1v) is 10.5. The van der Waals surface area contributed by atoms with Gasteiger partial charge in [0.2, 0.25) is 21.8 Å². The van der Waals surface area contributed by atoms with E-state index in [0.29, 0.717) is 36.9 Å². The Morgan fingerprint density at radius 3 is 2.85 bits per heavy atom. The highest BCUT2D eigenvalue weighted by Gasteiger charge is 2.33. The lowest BCUT2D eigenvalue weighted by atomic mass is 9.99. The SMILES string of the molecule is CCc1nc(C2CCCN(S(=O)(=O)c3ccc(C)c(NC(C)=O)c3)C2)no1. The number of nitrogens with one attached hydrogen (secondary N) is 1. The molecule has 0 aliphatic carbocycles. The number of anilines is 1. The van der Waals surface area contributed by atoms with E-state index in [1.807, 2.05) is 13.8 Å². The zero-order chi connectivity index (χ0) is 19.6. The van der Waals surface area contributed by atoms with Gasteiger partial charge in [-0.25, -0.2) is 8.42 Å². The van der Waals surface area contributed by atoms with Crippen molar-refractivity contribution in [2.75, 3.05) is 18.4 Å². The van der Waals surface area contributed by atoms with Gasteiger partial charge in [0, 0.05) is 38.0 Å². The number of piperidine rings is 1. The Kier molecular flexibility index (Phi) is 5.61. The van der Waals surface area contributed by atoms with Crippen LogP contribution in [-0.4, -0.2) is 41.9 Å². The molecule has 3 rings (SSSR count). The molecule has 1 aromatic carbocycles. The number of hydrogen-bond donors (Lipinski definition) is 1. The van der Waals surface area contributed by atoms with E-state index < -0.39 is 10.0 Å². The van der Waals surface area contributed by atoms with Gasteiger partial charge in [0.25, 0.3) is 0 Å². The van der Waals surface area contributed by atoms with Gasteiger partial charge in [0.1, 0.15) is 0 Å². The molecular formula is C18H24N4O4S. The van der Waals surface area contributed by atoms with Crippen LogP contribution in [0, 0.1) is 6.92 Å². The zero-order valence-electron chi connectivity index (χ0n) is 15.7. The van der Waals surface area contributed by atoms with E-state index in [4.69, 9.17) is 4.52 Å². The Hall–Kier alpha value is -2.26. The average Bonchev–Trinajstić information content (AvgIpc) is 3.12. The third-order valence-corrected chi connectivity index (χ3v) is 6.55. The third kappa shape index (κ3) is 4.19. The van der Waals surface area contributed by atoms with Gasteiger partial charge in [0.15, 0.2) is 5.82 Å². The molecule has 1 fully saturated rings. The minimum absolute atomic E-state index is 0.0853. The first kappa shape index (κ1) is 19.5. The van der Waals surface area contributed by atoms with Crippen LogP contribution < -0.4 is 5.32 Å². The molecule has 0 saturated carbocycles. The van der Waals surface area contributed by atoms with Crippen molar-refractivity contribution in [1.82, 2.24) is 14.4 Å². The molecule has 1 amide bonds. The van der Waals surface area contributed by atoms with Crippen LogP contribution in [0.5, 0.6) is 0 Å². The van der Waals surface area contributed by atoms with Gasteiger partial charge in [-0.2, -0.15) is 9.29 Å². The predicted molar refractivity (Wildman–Crippen MR) is 99.9 cm³/mol. The summed E-state index contributed by atoms with van der Waals surface area (Å²) in [5.74, 6) is 0.797. The number of aromatic nitrogens is 2. The number of aryl methyl sites for hydroxylation is 2. The molecule has 0 bridgehead atoms. The largest absolute Gasteiger partial charge is 0.339 e. The number of benzene rings is 1. The minimum Gasteiger partial charge on any atom is -0.339 e. The van der Waals surface area contributed by atoms with Crippen molar-refractivity contribution in [3.8, 4) is 0 Å². The predicted octanol–water partition coefficient (Wildman–Crippen LogP) is 2.47. The second kappa shape index (κ2) is 7.77. The molecule has 1 N–H and O–H groups in total. The van der Waals surface area contributed by atoms with Gasteiger partial charge in [0.05, 0.1) is 4.90 Å². The zero-order valence-corrected chi connectivity index (χ0v) is 16.5. The fourth-order valence-corrected chi connectivity index (χ4v) is 4.73. The Bertz CT molecular complexity index is 939. The summed E-state index contributed by atoms with van der Waals surface area (Å²) in [6.07, 6.45) is 2.20. The summed E-state index contributed by atoms with van der Waals surface area (Å²) in [5.41, 5.74) is 1.31. The van der Waals surface area contributed by atoms with Crippen molar-refractivity contribution in [2.24, 2.45) is 0 Å². The molecule has 1 unspecified atom stereocenters. The van der Waals surface area contributed by atoms with Crippen LogP contribution in [-0.2, 0) is 21.2 Å². The molecule has 8 nitrogen and oxygen atoms in total. The highest BCUT2D eigenvalue weighted by molar-refractivity contribution is 7.89. The van der Waals surface area contributed by atoms with Crippen molar-refractivity contribution in [3.05, 3.63) is 35.5 Å². The van der Waals surface area contributed by atoms with Crippen LogP contribution in [0.15, 0.2) is 27.6 Å². The van der Waals surface area contributed by atoms with Crippen LogP contribution in [0.4, 0.5) is 5.69 Å². The molecule has 0 radical (unpaired) electrons. The van der Waals surface area contributed by atoms with Gasteiger partial charge in [-0.05, 0) is 37.5 Å². The Balaban J connectivity index is 1.84. The maximum Gasteiger partial charge on any atom is 0.243 e. The number of carbonyl (C=O) groups excluding carboxylic acids is 1. The molecular weight excluding hydrogens is 368 g/mol. The van der Waals surface area contributed by atoms with Crippen LogP contribution in [0.3, 0.4) is 0 Å². The lowest BCUT2D eigenvalue weighted by Crippen LogP contribution is -2.39. The molecule has 1 aromatic heterocycles. The van der Waals surface area contributed by atoms with Gasteiger partial charge in [-0.3, -0.25) is 4.79 Å². The molecule has 9 heteroatoms. The normalized spacial score (nSPS) is 18.4. The van der Waals surface area contributed by atoms with E-state index in [1.54, 1.807) is 12.1 Å². The number of hydrogen-bond acceptors (Lipinski definition) is 6. The summed E-state index contributed by atoms with van der Waals surface area (Å²) in [5, 5.41) is 6.68. The van der Waals surface area contributed by atoms with Crippen molar-refractivity contribution < 1.29 is 17.7 Å². The van der Waals surface area contributed by atoms with Crippen molar-refractivity contribution in [3.63, 3.8) is 0 Å². The lowest BCUT2D eigenvalue weighted by molar-refractivity contribution is -0.114. The second-order valence-corrected chi connectivity index (χ2v) is 8.70. The van der Waals surface area contributed by atoms with E-state index in [1.165, 1.54) is 17.3 Å². The Morgan fingerprint density at radius 1 is 1.41 bits per heavy atom. The van der Waals surface area contributed by atoms with E-state index in [9.17, 15) is 13.2 Å². The summed E-state index contributed by atoms with van der Waals surface area (Å²) >= 11 is 0. The number of nitrogens with zero attached hydrogens (tertiary/aromatic N) is 3. The maximum atomic E-state index is 13.1. The van der Waals surface area contributed by atoms with Crippen LogP contribution in [0.25, 0.3) is 0 Å². The molecule has 1 aliphatic heterocycles. The molecule has 0 spiro atoms.